The van der Waals surface area contributed by atoms with Crippen molar-refractivity contribution in [2.24, 2.45) is 0 Å². The molecular formula is C41H34F6N6O9S2. The van der Waals surface area contributed by atoms with Crippen molar-refractivity contribution in [2.75, 3.05) is 13.5 Å². The maximum absolute atomic E-state index is 13.7. The summed E-state index contributed by atoms with van der Waals surface area (Å²) < 4.78 is 148. The SMILES string of the molecule is CC(=O)N(COC(=O)OCN(C(C)=O)S(=O)(=O)c1ccc(-n2nc(C(F)(F)F)cc2-c2ccc(C)cc2)cc1)S(=O)(=O)c1ccc(-n2nc(C(F)(F)F)cc2-c2ccc(C)cc2)cc1. The number of amides is 2. The summed E-state index contributed by atoms with van der Waals surface area (Å²) in [6, 6.07) is 23.2. The molecule has 0 spiro atoms. The number of alkyl halides is 6. The second-order valence-corrected chi connectivity index (χ2v) is 17.6. The molecule has 0 bridgehead atoms. The van der Waals surface area contributed by atoms with Crippen LogP contribution in [0.4, 0.5) is 31.1 Å². The van der Waals surface area contributed by atoms with Gasteiger partial charge >= 0.3 is 18.5 Å². The molecule has 6 rings (SSSR count). The quantitative estimate of drug-likeness (QED) is 0.0662. The van der Waals surface area contributed by atoms with Crippen LogP contribution in [0.1, 0.15) is 36.4 Å². The lowest BCUT2D eigenvalue weighted by Crippen LogP contribution is -2.40. The van der Waals surface area contributed by atoms with E-state index >= 15 is 0 Å². The number of carbonyl (C=O) groups excluding carboxylic acids is 3. The fourth-order valence-corrected chi connectivity index (χ4v) is 8.52. The van der Waals surface area contributed by atoms with E-state index in [1.54, 1.807) is 62.4 Å². The van der Waals surface area contributed by atoms with Crippen molar-refractivity contribution in [1.29, 1.82) is 0 Å². The first-order chi connectivity index (χ1) is 29.9. The van der Waals surface area contributed by atoms with Gasteiger partial charge in [0.05, 0.1) is 32.6 Å². The van der Waals surface area contributed by atoms with E-state index in [4.69, 9.17) is 9.47 Å². The first-order valence-electron chi connectivity index (χ1n) is 18.4. The van der Waals surface area contributed by atoms with E-state index < -0.39 is 85.0 Å². The van der Waals surface area contributed by atoms with E-state index in [1.165, 1.54) is 0 Å². The van der Waals surface area contributed by atoms with Crippen LogP contribution in [-0.4, -0.2) is 76.4 Å². The molecule has 0 aliphatic rings. The van der Waals surface area contributed by atoms with Gasteiger partial charge in [0.1, 0.15) is 0 Å². The van der Waals surface area contributed by atoms with Crippen LogP contribution in [0, 0.1) is 13.8 Å². The Morgan fingerprint density at radius 3 is 1.14 bits per heavy atom. The van der Waals surface area contributed by atoms with Gasteiger partial charge in [-0.2, -0.15) is 45.2 Å². The second kappa shape index (κ2) is 17.6. The predicted molar refractivity (Wildman–Crippen MR) is 214 cm³/mol. The molecule has 6 aromatic rings. The predicted octanol–water partition coefficient (Wildman–Crippen LogP) is 7.89. The molecule has 0 fully saturated rings. The summed E-state index contributed by atoms with van der Waals surface area (Å²) in [6.45, 7) is 2.61. The van der Waals surface area contributed by atoms with Crippen molar-refractivity contribution >= 4 is 38.0 Å². The lowest BCUT2D eigenvalue weighted by molar-refractivity contribution is -0.142. The van der Waals surface area contributed by atoms with Crippen molar-refractivity contribution in [3.8, 4) is 33.9 Å². The summed E-state index contributed by atoms with van der Waals surface area (Å²) in [7, 11) is -9.63. The van der Waals surface area contributed by atoms with Gasteiger partial charge in [-0.25, -0.2) is 31.0 Å². The zero-order valence-corrected chi connectivity index (χ0v) is 35.4. The summed E-state index contributed by atoms with van der Waals surface area (Å²) in [5.74, 6) is -2.32. The molecule has 2 heterocycles. The van der Waals surface area contributed by atoms with Crippen LogP contribution in [0.3, 0.4) is 0 Å². The molecule has 0 unspecified atom stereocenters. The maximum atomic E-state index is 13.7. The third-order valence-electron chi connectivity index (χ3n) is 9.33. The highest BCUT2D eigenvalue weighted by atomic mass is 32.2. The first kappa shape index (κ1) is 46.5. The third kappa shape index (κ3) is 9.94. The Bertz CT molecular complexity index is 2740. The van der Waals surface area contributed by atoms with Crippen LogP contribution in [-0.2, 0) is 51.5 Å². The van der Waals surface area contributed by atoms with E-state index in [2.05, 4.69) is 10.2 Å². The van der Waals surface area contributed by atoms with Crippen molar-refractivity contribution in [3.05, 3.63) is 132 Å². The van der Waals surface area contributed by atoms with Gasteiger partial charge in [-0.1, -0.05) is 59.7 Å². The minimum atomic E-state index is -4.82. The maximum Gasteiger partial charge on any atom is 0.511 e. The first-order valence-corrected chi connectivity index (χ1v) is 21.3. The molecule has 336 valence electrons. The van der Waals surface area contributed by atoms with Gasteiger partial charge in [0.15, 0.2) is 24.8 Å². The number of aryl methyl sites for hydroxylation is 2. The molecular weight excluding hydrogens is 899 g/mol. The third-order valence-corrected chi connectivity index (χ3v) is 13.0. The number of sulfonamides is 2. The average Bonchev–Trinajstić information content (AvgIpc) is 3.88. The van der Waals surface area contributed by atoms with E-state index in [0.29, 0.717) is 11.1 Å². The number of halogens is 6. The number of carbonyl (C=O) groups is 3. The van der Waals surface area contributed by atoms with Crippen molar-refractivity contribution in [2.45, 2.75) is 49.8 Å². The molecule has 23 heteroatoms. The minimum Gasteiger partial charge on any atom is -0.412 e. The normalized spacial score (nSPS) is 12.2. The molecule has 4 aromatic carbocycles. The van der Waals surface area contributed by atoms with Gasteiger partial charge in [0, 0.05) is 25.0 Å². The average molecular weight is 933 g/mol. The van der Waals surface area contributed by atoms with E-state index in [9.17, 15) is 57.6 Å². The highest BCUT2D eigenvalue weighted by Crippen LogP contribution is 2.35. The van der Waals surface area contributed by atoms with Crippen LogP contribution in [0.5, 0.6) is 0 Å². The van der Waals surface area contributed by atoms with Crippen molar-refractivity contribution in [1.82, 2.24) is 28.2 Å². The number of hydrogen-bond donors (Lipinski definition) is 0. The Morgan fingerprint density at radius 2 is 0.859 bits per heavy atom. The lowest BCUT2D eigenvalue weighted by atomic mass is 10.1. The molecule has 64 heavy (non-hydrogen) atoms. The molecule has 15 nitrogen and oxygen atoms in total. The fourth-order valence-electron chi connectivity index (χ4n) is 5.99. The van der Waals surface area contributed by atoms with Crippen LogP contribution in [0.15, 0.2) is 119 Å². The highest BCUT2D eigenvalue weighted by Gasteiger charge is 2.37. The summed E-state index contributed by atoms with van der Waals surface area (Å²) in [5.41, 5.74) is 0.137. The zero-order chi connectivity index (χ0) is 46.9. The van der Waals surface area contributed by atoms with Crippen LogP contribution < -0.4 is 0 Å². The van der Waals surface area contributed by atoms with Crippen LogP contribution in [0.25, 0.3) is 33.9 Å². The number of benzene rings is 4. The monoisotopic (exact) mass is 932 g/mol. The Morgan fingerprint density at radius 1 is 0.547 bits per heavy atom. The molecule has 0 N–H and O–H groups in total. The molecule has 0 saturated carbocycles. The van der Waals surface area contributed by atoms with Crippen LogP contribution >= 0.6 is 0 Å². The fraction of sp³-hybridized carbons (Fsp3) is 0.195. The Labute approximate surface area is 361 Å². The summed E-state index contributed by atoms with van der Waals surface area (Å²) in [4.78, 5) is 36.5. The Hall–Kier alpha value is -7.01. The molecule has 0 saturated heterocycles. The summed E-state index contributed by atoms with van der Waals surface area (Å²) in [6.07, 6.45) is -11.3. The van der Waals surface area contributed by atoms with Crippen molar-refractivity contribution < 1.29 is 67.0 Å². The van der Waals surface area contributed by atoms with E-state index in [-0.39, 0.29) is 31.4 Å². The number of rotatable bonds is 12. The molecule has 0 atom stereocenters. The standard InChI is InChI=1S/C41H34F6N6O9S2/c1-25-5-9-29(10-6-25)35-21-37(40(42,43)44)48-52(35)31-13-17-33(18-14-31)63(57,58)50(27(3)54)23-61-39(56)62-24-51(28(4)55)64(59,60)34-19-15-32(16-20-34)53-36(22-38(49-53)41(45,46)47)30-11-7-26(2)8-12-30/h5-22H,23-24H2,1-4H3. The smallest absolute Gasteiger partial charge is 0.412 e. The van der Waals surface area contributed by atoms with Crippen molar-refractivity contribution in [3.63, 3.8) is 0 Å². The minimum absolute atomic E-state index is 0.0184. The van der Waals surface area contributed by atoms with Gasteiger partial charge in [-0.15, -0.1) is 0 Å². The second-order valence-electron chi connectivity index (χ2n) is 13.9. The number of aromatic nitrogens is 4. The van der Waals surface area contributed by atoms with Gasteiger partial charge < -0.3 is 9.47 Å². The van der Waals surface area contributed by atoms with Crippen LogP contribution in [0.2, 0.25) is 0 Å². The molecule has 0 aliphatic carbocycles. The number of nitrogens with zero attached hydrogens (tertiary/aromatic N) is 6. The van der Waals surface area contributed by atoms with E-state index in [1.807, 2.05) is 0 Å². The topological polar surface area (TPSA) is 180 Å². The van der Waals surface area contributed by atoms with Gasteiger partial charge in [0.2, 0.25) is 11.8 Å². The number of hydrogen-bond acceptors (Lipinski definition) is 11. The van der Waals surface area contributed by atoms with E-state index in [0.717, 1.165) is 95.0 Å². The summed E-state index contributed by atoms with van der Waals surface area (Å²) in [5, 5.41) is 7.35. The largest absolute Gasteiger partial charge is 0.511 e. The molecule has 2 aromatic heterocycles. The Kier molecular flexibility index (Phi) is 12.8. The lowest BCUT2D eigenvalue weighted by Gasteiger charge is -2.22. The van der Waals surface area contributed by atoms with Gasteiger partial charge in [-0.3, -0.25) is 9.59 Å². The zero-order valence-electron chi connectivity index (χ0n) is 33.7. The number of ether oxygens (including phenoxy) is 2. The highest BCUT2D eigenvalue weighted by molar-refractivity contribution is 7.90. The summed E-state index contributed by atoms with van der Waals surface area (Å²) >= 11 is 0. The van der Waals surface area contributed by atoms with Gasteiger partial charge in [0.25, 0.3) is 20.0 Å². The molecule has 2 amide bonds. The van der Waals surface area contributed by atoms with Gasteiger partial charge in [-0.05, 0) is 74.5 Å². The molecule has 0 aliphatic heterocycles. The Balaban J connectivity index is 1.15. The molecule has 0 radical (unpaired) electrons.